The molecule has 2 rings (SSSR count). The van der Waals surface area contributed by atoms with Gasteiger partial charge in [-0.2, -0.15) is 0 Å². The highest BCUT2D eigenvalue weighted by Crippen LogP contribution is 2.29. The molecule has 0 aliphatic heterocycles. The van der Waals surface area contributed by atoms with Crippen molar-refractivity contribution in [2.75, 3.05) is 18.2 Å². The first-order chi connectivity index (χ1) is 9.52. The molecular formula is C14H12Cl2N2O2. The van der Waals surface area contributed by atoms with Gasteiger partial charge in [-0.25, -0.2) is 0 Å². The van der Waals surface area contributed by atoms with Crippen LogP contribution in [0.3, 0.4) is 0 Å². The number of hydrogen-bond donors (Lipinski definition) is 2. The molecule has 0 fully saturated rings. The minimum Gasteiger partial charge on any atom is -0.495 e. The Bertz CT molecular complexity index is 660. The third-order valence-electron chi connectivity index (χ3n) is 2.67. The van der Waals surface area contributed by atoms with E-state index >= 15 is 0 Å². The number of carbonyl (C=O) groups is 1. The summed E-state index contributed by atoms with van der Waals surface area (Å²) in [6, 6.07) is 9.81. The van der Waals surface area contributed by atoms with E-state index in [4.69, 9.17) is 33.7 Å². The van der Waals surface area contributed by atoms with Crippen LogP contribution in [-0.4, -0.2) is 13.0 Å². The van der Waals surface area contributed by atoms with Gasteiger partial charge in [0, 0.05) is 5.69 Å². The minimum atomic E-state index is -0.388. The summed E-state index contributed by atoms with van der Waals surface area (Å²) in [6.07, 6.45) is 0. The number of amides is 1. The molecule has 0 aliphatic rings. The predicted molar refractivity (Wildman–Crippen MR) is 81.8 cm³/mol. The monoisotopic (exact) mass is 310 g/mol. The fraction of sp³-hybridized carbons (Fsp3) is 0.0714. The standard InChI is InChI=1S/C14H12Cl2N2O2/c1-20-12-6-5-8(17)7-11(12)18-14(19)9-3-2-4-10(15)13(9)16/h2-7H,17H2,1H3,(H,18,19). The van der Waals surface area contributed by atoms with E-state index in [1.54, 1.807) is 36.4 Å². The Labute approximate surface area is 126 Å². The van der Waals surface area contributed by atoms with E-state index in [-0.39, 0.29) is 16.5 Å². The zero-order valence-corrected chi connectivity index (χ0v) is 12.1. The maximum Gasteiger partial charge on any atom is 0.257 e. The highest BCUT2D eigenvalue weighted by atomic mass is 35.5. The van der Waals surface area contributed by atoms with E-state index in [0.29, 0.717) is 22.1 Å². The van der Waals surface area contributed by atoms with Crippen LogP contribution in [0.5, 0.6) is 5.75 Å². The highest BCUT2D eigenvalue weighted by Gasteiger charge is 2.14. The Balaban J connectivity index is 2.32. The van der Waals surface area contributed by atoms with Crippen LogP contribution in [0.1, 0.15) is 10.4 Å². The molecule has 0 saturated carbocycles. The Kier molecular flexibility index (Phi) is 4.37. The molecule has 2 aromatic rings. The molecule has 0 spiro atoms. The van der Waals surface area contributed by atoms with Crippen LogP contribution < -0.4 is 15.8 Å². The van der Waals surface area contributed by atoms with Crippen LogP contribution in [0, 0.1) is 0 Å². The second-order valence-corrected chi connectivity index (χ2v) is 4.80. The Morgan fingerprint density at radius 3 is 2.70 bits per heavy atom. The van der Waals surface area contributed by atoms with E-state index in [9.17, 15) is 4.79 Å². The largest absolute Gasteiger partial charge is 0.495 e. The second-order valence-electron chi connectivity index (χ2n) is 4.02. The van der Waals surface area contributed by atoms with Gasteiger partial charge in [-0.15, -0.1) is 0 Å². The molecule has 2 aromatic carbocycles. The van der Waals surface area contributed by atoms with Gasteiger partial charge in [0.1, 0.15) is 5.75 Å². The first-order valence-electron chi connectivity index (χ1n) is 5.72. The molecule has 6 heteroatoms. The van der Waals surface area contributed by atoms with Crippen molar-refractivity contribution in [1.29, 1.82) is 0 Å². The van der Waals surface area contributed by atoms with Gasteiger partial charge in [0.2, 0.25) is 0 Å². The average Bonchev–Trinajstić information content (AvgIpc) is 2.42. The van der Waals surface area contributed by atoms with Crippen LogP contribution in [0.15, 0.2) is 36.4 Å². The third kappa shape index (κ3) is 2.98. The molecule has 0 aliphatic carbocycles. The van der Waals surface area contributed by atoms with Crippen molar-refractivity contribution in [3.05, 3.63) is 52.0 Å². The van der Waals surface area contributed by atoms with Crippen molar-refractivity contribution in [1.82, 2.24) is 0 Å². The molecule has 0 atom stereocenters. The van der Waals surface area contributed by atoms with Gasteiger partial charge in [-0.1, -0.05) is 29.3 Å². The number of carbonyl (C=O) groups excluding carboxylic acids is 1. The molecule has 0 aromatic heterocycles. The minimum absolute atomic E-state index is 0.203. The molecule has 0 saturated heterocycles. The number of nitrogens with one attached hydrogen (secondary N) is 1. The van der Waals surface area contributed by atoms with E-state index in [2.05, 4.69) is 5.32 Å². The number of anilines is 2. The Hall–Kier alpha value is -1.91. The average molecular weight is 311 g/mol. The quantitative estimate of drug-likeness (QED) is 0.847. The lowest BCUT2D eigenvalue weighted by atomic mass is 10.2. The fourth-order valence-corrected chi connectivity index (χ4v) is 2.08. The van der Waals surface area contributed by atoms with Crippen LogP contribution in [0.2, 0.25) is 10.0 Å². The van der Waals surface area contributed by atoms with Crippen LogP contribution in [0.4, 0.5) is 11.4 Å². The first kappa shape index (κ1) is 14.5. The van der Waals surface area contributed by atoms with Crippen LogP contribution in [0.25, 0.3) is 0 Å². The number of benzene rings is 2. The van der Waals surface area contributed by atoms with Gasteiger partial charge in [0.05, 0.1) is 28.4 Å². The van der Waals surface area contributed by atoms with Crippen LogP contribution in [-0.2, 0) is 0 Å². The number of nitrogens with two attached hydrogens (primary N) is 1. The summed E-state index contributed by atoms with van der Waals surface area (Å²) < 4.78 is 5.16. The Morgan fingerprint density at radius 2 is 2.00 bits per heavy atom. The first-order valence-corrected chi connectivity index (χ1v) is 6.47. The number of nitrogen functional groups attached to an aromatic ring is 1. The lowest BCUT2D eigenvalue weighted by Gasteiger charge is -2.12. The Morgan fingerprint density at radius 1 is 1.25 bits per heavy atom. The van der Waals surface area contributed by atoms with E-state index in [1.807, 2.05) is 0 Å². The molecule has 0 radical (unpaired) electrons. The second kappa shape index (κ2) is 6.03. The number of methoxy groups -OCH3 is 1. The summed E-state index contributed by atoms with van der Waals surface area (Å²) in [5.74, 6) is 0.118. The molecule has 0 bridgehead atoms. The zero-order valence-electron chi connectivity index (χ0n) is 10.6. The summed E-state index contributed by atoms with van der Waals surface area (Å²) in [5.41, 5.74) is 6.96. The van der Waals surface area contributed by atoms with Crippen molar-refractivity contribution in [3.63, 3.8) is 0 Å². The predicted octanol–water partition coefficient (Wildman–Crippen LogP) is 3.84. The topological polar surface area (TPSA) is 64.3 Å². The SMILES string of the molecule is COc1ccc(N)cc1NC(=O)c1cccc(Cl)c1Cl. The van der Waals surface area contributed by atoms with Crippen molar-refractivity contribution in [2.24, 2.45) is 0 Å². The summed E-state index contributed by atoms with van der Waals surface area (Å²) in [7, 11) is 1.51. The van der Waals surface area contributed by atoms with Gasteiger partial charge in [0.25, 0.3) is 5.91 Å². The van der Waals surface area contributed by atoms with E-state index in [1.165, 1.54) is 7.11 Å². The third-order valence-corrected chi connectivity index (χ3v) is 3.49. The van der Waals surface area contributed by atoms with Crippen LogP contribution >= 0.6 is 23.2 Å². The summed E-state index contributed by atoms with van der Waals surface area (Å²) in [4.78, 5) is 12.2. The summed E-state index contributed by atoms with van der Waals surface area (Å²) >= 11 is 11.9. The maximum absolute atomic E-state index is 12.2. The van der Waals surface area contributed by atoms with Gasteiger partial charge in [-0.05, 0) is 30.3 Å². The molecule has 0 heterocycles. The zero-order chi connectivity index (χ0) is 14.7. The van der Waals surface area contributed by atoms with Crippen molar-refractivity contribution >= 4 is 40.5 Å². The normalized spacial score (nSPS) is 10.2. The number of hydrogen-bond acceptors (Lipinski definition) is 3. The smallest absolute Gasteiger partial charge is 0.257 e. The molecular weight excluding hydrogens is 299 g/mol. The lowest BCUT2D eigenvalue weighted by Crippen LogP contribution is -2.13. The van der Waals surface area contributed by atoms with Crippen molar-refractivity contribution in [3.8, 4) is 5.75 Å². The molecule has 104 valence electrons. The van der Waals surface area contributed by atoms with Gasteiger partial charge in [0.15, 0.2) is 0 Å². The fourth-order valence-electron chi connectivity index (χ4n) is 1.69. The molecule has 4 nitrogen and oxygen atoms in total. The summed E-state index contributed by atoms with van der Waals surface area (Å²) in [5, 5.41) is 3.22. The number of ether oxygens (including phenoxy) is 1. The molecule has 20 heavy (non-hydrogen) atoms. The van der Waals surface area contributed by atoms with Crippen molar-refractivity contribution < 1.29 is 9.53 Å². The van der Waals surface area contributed by atoms with Gasteiger partial charge in [-0.3, -0.25) is 4.79 Å². The molecule has 1 amide bonds. The van der Waals surface area contributed by atoms with Gasteiger partial charge < -0.3 is 15.8 Å². The number of halogens is 2. The van der Waals surface area contributed by atoms with E-state index in [0.717, 1.165) is 0 Å². The van der Waals surface area contributed by atoms with Crippen molar-refractivity contribution in [2.45, 2.75) is 0 Å². The summed E-state index contributed by atoms with van der Waals surface area (Å²) in [6.45, 7) is 0. The maximum atomic E-state index is 12.2. The van der Waals surface area contributed by atoms with E-state index < -0.39 is 0 Å². The highest BCUT2D eigenvalue weighted by molar-refractivity contribution is 6.44. The van der Waals surface area contributed by atoms with Gasteiger partial charge >= 0.3 is 0 Å². The number of rotatable bonds is 3. The molecule has 0 unspecified atom stereocenters. The molecule has 3 N–H and O–H groups in total. The lowest BCUT2D eigenvalue weighted by molar-refractivity contribution is 0.102.